The number of aromatic nitrogens is 3. The number of thiazole rings is 1. The average molecular weight is 420 g/mol. The Bertz CT molecular complexity index is 1080. The minimum atomic E-state index is -0.223. The van der Waals surface area contributed by atoms with Crippen molar-refractivity contribution < 1.29 is 9.53 Å². The monoisotopic (exact) mass is 420 g/mol. The van der Waals surface area contributed by atoms with Crippen LogP contribution in [-0.4, -0.2) is 40.1 Å². The second-order valence-corrected chi connectivity index (χ2v) is 7.89. The molecular weight excluding hydrogens is 400 g/mol. The topological polar surface area (TPSA) is 104 Å². The highest BCUT2D eigenvalue weighted by atomic mass is 32.1. The van der Waals surface area contributed by atoms with Gasteiger partial charge in [-0.15, -0.1) is 0 Å². The zero-order valence-electron chi connectivity index (χ0n) is 16.4. The van der Waals surface area contributed by atoms with Gasteiger partial charge in [0.1, 0.15) is 17.7 Å². The van der Waals surface area contributed by atoms with Crippen molar-refractivity contribution in [2.45, 2.75) is 25.9 Å². The first kappa shape index (κ1) is 19.8. The zero-order valence-corrected chi connectivity index (χ0v) is 17.2. The fraction of sp³-hybridized carbons (Fsp3) is 0.286. The van der Waals surface area contributed by atoms with Gasteiger partial charge >= 0.3 is 5.97 Å². The summed E-state index contributed by atoms with van der Waals surface area (Å²) in [4.78, 5) is 27.8. The number of carbonyl (C=O) groups excluding carboxylic acids is 1. The largest absolute Gasteiger partial charge is 0.462 e. The van der Waals surface area contributed by atoms with E-state index >= 15 is 0 Å². The second kappa shape index (κ2) is 8.88. The molecule has 4 rings (SSSR count). The molecule has 152 valence electrons. The van der Waals surface area contributed by atoms with Crippen LogP contribution in [0.2, 0.25) is 0 Å². The van der Waals surface area contributed by atoms with Gasteiger partial charge in [0, 0.05) is 45.2 Å². The van der Waals surface area contributed by atoms with Crippen LogP contribution in [-0.2, 0) is 9.53 Å². The number of nitrogens with one attached hydrogen (secondary N) is 1. The van der Waals surface area contributed by atoms with Crippen LogP contribution in [0.15, 0.2) is 42.7 Å². The minimum absolute atomic E-state index is 0.00393. The van der Waals surface area contributed by atoms with Crippen molar-refractivity contribution in [1.29, 1.82) is 5.26 Å². The third kappa shape index (κ3) is 4.72. The van der Waals surface area contributed by atoms with E-state index in [0.717, 1.165) is 41.6 Å². The molecule has 0 aromatic carbocycles. The third-order valence-corrected chi connectivity index (χ3v) is 5.77. The Labute approximate surface area is 178 Å². The summed E-state index contributed by atoms with van der Waals surface area (Å²) in [6.07, 6.45) is 5.03. The van der Waals surface area contributed by atoms with E-state index in [2.05, 4.69) is 31.2 Å². The Hall–Kier alpha value is -3.51. The van der Waals surface area contributed by atoms with Crippen molar-refractivity contribution in [2.24, 2.45) is 0 Å². The van der Waals surface area contributed by atoms with Gasteiger partial charge in [0.2, 0.25) is 0 Å². The number of piperidine rings is 1. The van der Waals surface area contributed by atoms with Gasteiger partial charge < -0.3 is 15.0 Å². The van der Waals surface area contributed by atoms with Crippen molar-refractivity contribution in [3.63, 3.8) is 0 Å². The Kier molecular flexibility index (Phi) is 5.86. The summed E-state index contributed by atoms with van der Waals surface area (Å²) in [7, 11) is 0. The van der Waals surface area contributed by atoms with Gasteiger partial charge in [-0.3, -0.25) is 4.79 Å². The maximum absolute atomic E-state index is 11.1. The van der Waals surface area contributed by atoms with Crippen LogP contribution in [0.5, 0.6) is 0 Å². The third-order valence-electron chi connectivity index (χ3n) is 4.69. The molecule has 1 aliphatic rings. The Morgan fingerprint density at radius 2 is 2.10 bits per heavy atom. The normalized spacial score (nSPS) is 14.2. The number of rotatable bonds is 5. The molecule has 0 radical (unpaired) electrons. The Balaban J connectivity index is 1.44. The fourth-order valence-corrected chi connectivity index (χ4v) is 4.21. The molecule has 1 aliphatic heterocycles. The SMILES string of the molecule is CC(=O)OC1CCN(c2ncc(-c3cccc(Nc4cc(C#N)ccn4)n3)s2)CC1. The molecule has 0 saturated carbocycles. The molecule has 4 heterocycles. The van der Waals surface area contributed by atoms with Gasteiger partial charge in [-0.2, -0.15) is 5.26 Å². The Morgan fingerprint density at radius 3 is 2.87 bits per heavy atom. The van der Waals surface area contributed by atoms with Crippen LogP contribution in [0.4, 0.5) is 16.8 Å². The number of carbonyl (C=O) groups is 1. The Morgan fingerprint density at radius 1 is 1.27 bits per heavy atom. The molecule has 0 aliphatic carbocycles. The first-order valence-electron chi connectivity index (χ1n) is 9.59. The van der Waals surface area contributed by atoms with Crippen LogP contribution >= 0.6 is 11.3 Å². The van der Waals surface area contributed by atoms with E-state index in [0.29, 0.717) is 17.2 Å². The highest BCUT2D eigenvalue weighted by Crippen LogP contribution is 2.32. The van der Waals surface area contributed by atoms with Crippen molar-refractivity contribution in [3.8, 4) is 16.6 Å². The van der Waals surface area contributed by atoms with E-state index in [1.807, 2.05) is 24.4 Å². The molecule has 0 amide bonds. The fourth-order valence-electron chi connectivity index (χ4n) is 3.27. The summed E-state index contributed by atoms with van der Waals surface area (Å²) in [5.41, 5.74) is 1.35. The first-order chi connectivity index (χ1) is 14.6. The summed E-state index contributed by atoms with van der Waals surface area (Å²) >= 11 is 1.59. The number of ether oxygens (including phenoxy) is 1. The standard InChI is InChI=1S/C21H20N6O2S/c1-14(28)29-16-6-9-27(10-7-16)21-24-13-18(30-21)17-3-2-4-19(25-17)26-20-11-15(12-22)5-8-23-20/h2-5,8,11,13,16H,6-7,9-10H2,1H3,(H,23,25,26). The van der Waals surface area contributed by atoms with Gasteiger partial charge in [0.05, 0.1) is 22.2 Å². The number of anilines is 3. The van der Waals surface area contributed by atoms with E-state index in [1.54, 1.807) is 29.7 Å². The number of hydrogen-bond donors (Lipinski definition) is 1. The molecular formula is C21H20N6O2S. The van der Waals surface area contributed by atoms with Crippen LogP contribution < -0.4 is 10.2 Å². The predicted octanol–water partition coefficient (Wildman–Crippen LogP) is 3.75. The molecule has 1 N–H and O–H groups in total. The molecule has 0 spiro atoms. The quantitative estimate of drug-likeness (QED) is 0.623. The molecule has 9 heteroatoms. The van der Waals surface area contributed by atoms with Crippen LogP contribution in [0, 0.1) is 11.3 Å². The van der Waals surface area contributed by atoms with Crippen molar-refractivity contribution in [3.05, 3.63) is 48.3 Å². The zero-order chi connectivity index (χ0) is 20.9. The lowest BCUT2D eigenvalue weighted by molar-refractivity contribution is -0.147. The summed E-state index contributed by atoms with van der Waals surface area (Å²) in [5, 5.41) is 13.1. The van der Waals surface area contributed by atoms with Crippen molar-refractivity contribution in [2.75, 3.05) is 23.3 Å². The molecule has 0 bridgehead atoms. The number of esters is 1. The molecule has 0 atom stereocenters. The van der Waals surface area contributed by atoms with Crippen molar-refractivity contribution >= 4 is 34.1 Å². The average Bonchev–Trinajstić information content (AvgIpc) is 3.24. The van der Waals surface area contributed by atoms with E-state index < -0.39 is 0 Å². The summed E-state index contributed by atoms with van der Waals surface area (Å²) in [6.45, 7) is 3.06. The lowest BCUT2D eigenvalue weighted by atomic mass is 10.1. The predicted molar refractivity (Wildman–Crippen MR) is 115 cm³/mol. The lowest BCUT2D eigenvalue weighted by Gasteiger charge is -2.31. The molecule has 1 fully saturated rings. The lowest BCUT2D eigenvalue weighted by Crippen LogP contribution is -2.37. The second-order valence-electron chi connectivity index (χ2n) is 6.88. The van der Waals surface area contributed by atoms with E-state index in [4.69, 9.17) is 10.00 Å². The number of pyridine rings is 2. The van der Waals surface area contributed by atoms with Crippen LogP contribution in [0.1, 0.15) is 25.3 Å². The number of hydrogen-bond acceptors (Lipinski definition) is 9. The molecule has 8 nitrogen and oxygen atoms in total. The van der Waals surface area contributed by atoms with Gasteiger partial charge in [0.15, 0.2) is 5.13 Å². The summed E-state index contributed by atoms with van der Waals surface area (Å²) < 4.78 is 5.30. The smallest absolute Gasteiger partial charge is 0.302 e. The molecule has 3 aromatic heterocycles. The maximum atomic E-state index is 11.1. The first-order valence-corrected chi connectivity index (χ1v) is 10.4. The van der Waals surface area contributed by atoms with E-state index in [9.17, 15) is 4.79 Å². The highest BCUT2D eigenvalue weighted by Gasteiger charge is 2.23. The molecule has 0 unspecified atom stereocenters. The number of nitrogens with zero attached hydrogens (tertiary/aromatic N) is 5. The van der Waals surface area contributed by atoms with Gasteiger partial charge in [0.25, 0.3) is 0 Å². The summed E-state index contributed by atoms with van der Waals surface area (Å²) in [5.74, 6) is 0.991. The van der Waals surface area contributed by atoms with Gasteiger partial charge in [-0.25, -0.2) is 15.0 Å². The summed E-state index contributed by atoms with van der Waals surface area (Å²) in [6, 6.07) is 11.1. The number of nitriles is 1. The van der Waals surface area contributed by atoms with Crippen molar-refractivity contribution in [1.82, 2.24) is 15.0 Å². The van der Waals surface area contributed by atoms with Crippen LogP contribution in [0.3, 0.4) is 0 Å². The van der Waals surface area contributed by atoms with E-state index in [1.165, 1.54) is 6.92 Å². The van der Waals surface area contributed by atoms with Gasteiger partial charge in [-0.05, 0) is 24.3 Å². The van der Waals surface area contributed by atoms with Crippen LogP contribution in [0.25, 0.3) is 10.6 Å². The van der Waals surface area contributed by atoms with Gasteiger partial charge in [-0.1, -0.05) is 17.4 Å². The van der Waals surface area contributed by atoms with E-state index in [-0.39, 0.29) is 12.1 Å². The molecule has 30 heavy (non-hydrogen) atoms. The maximum Gasteiger partial charge on any atom is 0.302 e. The minimum Gasteiger partial charge on any atom is -0.462 e. The highest BCUT2D eigenvalue weighted by molar-refractivity contribution is 7.18. The molecule has 3 aromatic rings. The molecule has 1 saturated heterocycles.